The van der Waals surface area contributed by atoms with E-state index in [1.807, 2.05) is 35.9 Å². The first kappa shape index (κ1) is 24.4. The van der Waals surface area contributed by atoms with Gasteiger partial charge in [0.25, 0.3) is 5.91 Å². The van der Waals surface area contributed by atoms with Gasteiger partial charge in [-0.2, -0.15) is 5.26 Å². The molecule has 0 spiro atoms. The van der Waals surface area contributed by atoms with Crippen LogP contribution in [0.2, 0.25) is 0 Å². The lowest BCUT2D eigenvalue weighted by atomic mass is 9.96. The number of rotatable bonds is 6. The minimum Gasteiger partial charge on any atom is -0.375 e. The fourth-order valence-corrected chi connectivity index (χ4v) is 6.54. The van der Waals surface area contributed by atoms with Crippen LogP contribution in [0.4, 0.5) is 5.82 Å². The minimum atomic E-state index is -0.00660. The Morgan fingerprint density at radius 1 is 1.07 bits per heavy atom. The van der Waals surface area contributed by atoms with Crippen LogP contribution in [0.5, 0.6) is 0 Å². The number of morpholine rings is 1. The average molecular weight is 544 g/mol. The predicted molar refractivity (Wildman–Crippen MR) is 152 cm³/mol. The number of ether oxygens (including phenoxy) is 1. The Bertz CT molecular complexity index is 1750. The number of hydrogen-bond donors (Lipinski definition) is 0. The Kier molecular flexibility index (Phi) is 5.56. The maximum absolute atomic E-state index is 13.8. The highest BCUT2D eigenvalue weighted by Crippen LogP contribution is 2.43. The molecule has 5 heterocycles. The van der Waals surface area contributed by atoms with Crippen molar-refractivity contribution in [2.24, 2.45) is 7.05 Å². The summed E-state index contributed by atoms with van der Waals surface area (Å²) >= 11 is 0. The zero-order valence-corrected chi connectivity index (χ0v) is 22.8. The van der Waals surface area contributed by atoms with E-state index in [2.05, 4.69) is 45.4 Å². The standard InChI is InChI=1S/C32H29N7O2/c1-37-18-34-36-31(37)28-8-19(13-33)3-7-26(28)23-10-29(21-5-6-21)35-30(11-23)39-15-22-4-2-20(9-27(22)32(39)40)14-38-16-25-12-24(38)17-41-25/h2-4,7-11,18,21,24-25H,5-6,12,14-17H2,1H3/t24-,25-/m0/s1. The van der Waals surface area contributed by atoms with Crippen LogP contribution in [0.3, 0.4) is 0 Å². The maximum atomic E-state index is 13.8. The summed E-state index contributed by atoms with van der Waals surface area (Å²) in [6.45, 7) is 3.12. The van der Waals surface area contributed by atoms with Gasteiger partial charge in [0.15, 0.2) is 5.82 Å². The Morgan fingerprint density at radius 2 is 1.98 bits per heavy atom. The largest absolute Gasteiger partial charge is 0.375 e. The molecule has 4 aliphatic rings. The number of carbonyl (C=O) groups excluding carboxylic acids is 1. The van der Waals surface area contributed by atoms with Gasteiger partial charge in [0.05, 0.1) is 30.9 Å². The first-order valence-corrected chi connectivity index (χ1v) is 14.2. The molecule has 0 radical (unpaired) electrons. The van der Waals surface area contributed by atoms with Crippen LogP contribution in [0.25, 0.3) is 22.5 Å². The fourth-order valence-electron chi connectivity index (χ4n) is 6.54. The lowest BCUT2D eigenvalue weighted by Crippen LogP contribution is -2.36. The number of carbonyl (C=O) groups is 1. The molecule has 2 atom stereocenters. The number of hydrogen-bond acceptors (Lipinski definition) is 7. The number of aromatic nitrogens is 4. The number of fused-ring (bicyclic) bond motifs is 3. The molecule has 3 fully saturated rings. The van der Waals surface area contributed by atoms with Crippen molar-refractivity contribution >= 4 is 11.7 Å². The van der Waals surface area contributed by atoms with E-state index in [0.717, 1.165) is 78.0 Å². The molecule has 1 aliphatic carbocycles. The fraction of sp³-hybridized carbons (Fsp3) is 0.344. The number of pyridine rings is 1. The number of anilines is 1. The van der Waals surface area contributed by atoms with Crippen LogP contribution in [0, 0.1) is 11.3 Å². The lowest BCUT2D eigenvalue weighted by Gasteiger charge is -2.26. The van der Waals surface area contributed by atoms with Crippen molar-refractivity contribution in [3.8, 4) is 28.6 Å². The molecule has 1 saturated carbocycles. The molecule has 41 heavy (non-hydrogen) atoms. The molecule has 9 heteroatoms. The van der Waals surface area contributed by atoms with Gasteiger partial charge in [-0.05, 0) is 71.8 Å². The summed E-state index contributed by atoms with van der Waals surface area (Å²) in [7, 11) is 1.89. The van der Waals surface area contributed by atoms with Crippen molar-refractivity contribution in [3.05, 3.63) is 82.8 Å². The van der Waals surface area contributed by atoms with Crippen molar-refractivity contribution in [2.45, 2.75) is 50.4 Å². The van der Waals surface area contributed by atoms with Crippen LogP contribution < -0.4 is 4.90 Å². The molecule has 4 aromatic rings. The van der Waals surface area contributed by atoms with Crippen molar-refractivity contribution in [3.63, 3.8) is 0 Å². The summed E-state index contributed by atoms with van der Waals surface area (Å²) in [5.41, 5.74) is 7.23. The molecule has 1 amide bonds. The average Bonchev–Trinajstić information content (AvgIpc) is 3.25. The monoisotopic (exact) mass is 543 g/mol. The van der Waals surface area contributed by atoms with Gasteiger partial charge < -0.3 is 9.30 Å². The summed E-state index contributed by atoms with van der Waals surface area (Å²) in [6.07, 6.45) is 5.32. The Balaban J connectivity index is 1.15. The third-order valence-electron chi connectivity index (χ3n) is 8.89. The Morgan fingerprint density at radius 3 is 2.71 bits per heavy atom. The Labute approximate surface area is 238 Å². The van der Waals surface area contributed by atoms with E-state index >= 15 is 0 Å². The second-order valence-electron chi connectivity index (χ2n) is 11.7. The molecule has 2 aromatic heterocycles. The molecular weight excluding hydrogens is 514 g/mol. The number of nitriles is 1. The first-order valence-electron chi connectivity index (χ1n) is 14.2. The molecule has 9 nitrogen and oxygen atoms in total. The number of nitrogens with zero attached hydrogens (tertiary/aromatic N) is 7. The number of likely N-dealkylation sites (tertiary alicyclic amines) is 1. The highest BCUT2D eigenvalue weighted by molar-refractivity contribution is 6.10. The van der Waals surface area contributed by atoms with E-state index in [9.17, 15) is 10.1 Å². The van der Waals surface area contributed by atoms with Gasteiger partial charge in [-0.25, -0.2) is 4.98 Å². The third kappa shape index (κ3) is 4.22. The van der Waals surface area contributed by atoms with Gasteiger partial charge in [-0.15, -0.1) is 10.2 Å². The molecule has 2 aromatic carbocycles. The van der Waals surface area contributed by atoms with E-state index in [1.54, 1.807) is 11.2 Å². The van der Waals surface area contributed by atoms with Crippen LogP contribution in [-0.4, -0.2) is 55.9 Å². The van der Waals surface area contributed by atoms with E-state index in [1.165, 1.54) is 0 Å². The van der Waals surface area contributed by atoms with E-state index in [4.69, 9.17) is 9.72 Å². The van der Waals surface area contributed by atoms with Gasteiger partial charge >= 0.3 is 0 Å². The highest BCUT2D eigenvalue weighted by atomic mass is 16.5. The second-order valence-corrected chi connectivity index (χ2v) is 11.7. The summed E-state index contributed by atoms with van der Waals surface area (Å²) in [5, 5.41) is 18.0. The van der Waals surface area contributed by atoms with Crippen molar-refractivity contribution in [1.82, 2.24) is 24.6 Å². The van der Waals surface area contributed by atoms with Crippen LogP contribution in [0.1, 0.15) is 57.9 Å². The second kappa shape index (κ2) is 9.33. The normalized spacial score (nSPS) is 21.5. The van der Waals surface area contributed by atoms with Crippen molar-refractivity contribution in [1.29, 1.82) is 5.26 Å². The topological polar surface area (TPSA) is 100 Å². The molecule has 0 unspecified atom stereocenters. The molecule has 204 valence electrons. The zero-order chi connectivity index (χ0) is 27.7. The third-order valence-corrected chi connectivity index (χ3v) is 8.89. The molecule has 2 bridgehead atoms. The number of amides is 1. The quantitative estimate of drug-likeness (QED) is 0.355. The molecule has 3 aliphatic heterocycles. The highest BCUT2D eigenvalue weighted by Gasteiger charge is 2.39. The predicted octanol–water partition coefficient (Wildman–Crippen LogP) is 4.43. The van der Waals surface area contributed by atoms with Crippen LogP contribution >= 0.6 is 0 Å². The molecule has 8 rings (SSSR count). The number of aryl methyl sites for hydroxylation is 1. The van der Waals surface area contributed by atoms with Crippen molar-refractivity contribution < 1.29 is 9.53 Å². The van der Waals surface area contributed by atoms with Crippen LogP contribution in [0.15, 0.2) is 54.9 Å². The van der Waals surface area contributed by atoms with Crippen LogP contribution in [-0.2, 0) is 24.9 Å². The molecule has 2 saturated heterocycles. The summed E-state index contributed by atoms with van der Waals surface area (Å²) in [5.74, 6) is 1.73. The maximum Gasteiger partial charge on any atom is 0.260 e. The van der Waals surface area contributed by atoms with E-state index < -0.39 is 0 Å². The van der Waals surface area contributed by atoms with Gasteiger partial charge in [-0.1, -0.05) is 18.2 Å². The van der Waals surface area contributed by atoms with Crippen molar-refractivity contribution in [2.75, 3.05) is 18.1 Å². The summed E-state index contributed by atoms with van der Waals surface area (Å²) < 4.78 is 7.61. The van der Waals surface area contributed by atoms with E-state index in [-0.39, 0.29) is 5.91 Å². The van der Waals surface area contributed by atoms with E-state index in [0.29, 0.717) is 41.8 Å². The minimum absolute atomic E-state index is 0.00660. The van der Waals surface area contributed by atoms with Gasteiger partial charge in [0, 0.05) is 48.9 Å². The zero-order valence-electron chi connectivity index (χ0n) is 22.8. The Hall–Kier alpha value is -4.39. The number of benzene rings is 2. The lowest BCUT2D eigenvalue weighted by molar-refractivity contribution is 0.0273. The smallest absolute Gasteiger partial charge is 0.260 e. The SMILES string of the molecule is Cn1cnnc1-c1cc(C#N)ccc1-c1cc(C2CC2)nc(N2Cc3ccc(CN4C[C@@H]5C[C@H]4CO5)cc3C2=O)c1. The molecular formula is C32H29N7O2. The van der Waals surface area contributed by atoms with Gasteiger partial charge in [-0.3, -0.25) is 14.6 Å². The summed E-state index contributed by atoms with van der Waals surface area (Å²) in [6, 6.07) is 18.8. The molecule has 0 N–H and O–H groups in total. The van der Waals surface area contributed by atoms with Gasteiger partial charge in [0.1, 0.15) is 12.1 Å². The van der Waals surface area contributed by atoms with Gasteiger partial charge in [0.2, 0.25) is 0 Å². The first-order chi connectivity index (χ1) is 20.0. The summed E-state index contributed by atoms with van der Waals surface area (Å²) in [4.78, 5) is 23.1.